The molecule has 12 aromatic rings. The molecule has 2 aromatic heterocycles. The maximum Gasteiger partial charge on any atom is 0.143 e. The van der Waals surface area contributed by atoms with Gasteiger partial charge in [0, 0.05) is 38.6 Å². The number of benzene rings is 10. The van der Waals surface area contributed by atoms with Gasteiger partial charge in [0.2, 0.25) is 0 Å². The smallest absolute Gasteiger partial charge is 0.143 e. The predicted molar refractivity (Wildman–Crippen MR) is 249 cm³/mol. The summed E-state index contributed by atoms with van der Waals surface area (Å²) in [5.41, 5.74) is 9.02. The molecule has 3 nitrogen and oxygen atoms in total. The first-order valence-electron chi connectivity index (χ1n) is 21.9. The van der Waals surface area contributed by atoms with Gasteiger partial charge in [-0.1, -0.05) is 146 Å². The van der Waals surface area contributed by atoms with Crippen LogP contribution in [0.2, 0.25) is 0 Å². The summed E-state index contributed by atoms with van der Waals surface area (Å²) in [6.45, 7) is 0. The quantitative estimate of drug-likeness (QED) is 0.168. The van der Waals surface area contributed by atoms with Crippen molar-refractivity contribution in [2.24, 2.45) is 0 Å². The van der Waals surface area contributed by atoms with Crippen LogP contribution in [0, 0.1) is 0 Å². The molecule has 0 radical (unpaired) electrons. The van der Waals surface area contributed by atoms with Gasteiger partial charge >= 0.3 is 0 Å². The van der Waals surface area contributed by atoms with Crippen LogP contribution in [0.5, 0.6) is 0 Å². The topological polar surface area (TPSA) is 21.3 Å². The van der Waals surface area contributed by atoms with Gasteiger partial charge in [-0.25, -0.2) is 0 Å². The van der Waals surface area contributed by atoms with Crippen LogP contribution >= 0.6 is 0 Å². The molecule has 0 N–H and O–H groups in total. The van der Waals surface area contributed by atoms with Crippen LogP contribution in [0.4, 0.5) is 17.1 Å². The number of rotatable bonds is 6. The Morgan fingerprint density at radius 1 is 0.458 bits per heavy atom. The van der Waals surface area contributed by atoms with Gasteiger partial charge in [-0.3, -0.25) is 0 Å². The monoisotopic (exact) mass is 756 g/mol. The zero-order valence-corrected chi connectivity index (χ0v) is 31.8. The van der Waals surface area contributed by atoms with Crippen LogP contribution in [-0.4, -0.2) is 4.57 Å². The van der Waals surface area contributed by atoms with Crippen molar-refractivity contribution in [2.75, 3.05) is 4.90 Å². The second kappa shape index (κ2) is 13.4. The molecule has 12 rings (SSSR count). The predicted octanol–water partition coefficient (Wildman–Crippen LogP) is 15.8. The summed E-state index contributed by atoms with van der Waals surface area (Å²) in [6.07, 6.45) is 0. The summed E-state index contributed by atoms with van der Waals surface area (Å²) < 4.78 is 47.6. The first-order valence-corrected chi connectivity index (χ1v) is 19.9. The lowest BCUT2D eigenvalue weighted by molar-refractivity contribution is 0.672. The van der Waals surface area contributed by atoms with Crippen molar-refractivity contribution in [3.05, 3.63) is 218 Å². The van der Waals surface area contributed by atoms with Gasteiger partial charge in [-0.05, 0) is 111 Å². The minimum absolute atomic E-state index is 0.0158. The van der Waals surface area contributed by atoms with Crippen LogP contribution in [0.25, 0.3) is 93.2 Å². The lowest BCUT2D eigenvalue weighted by Gasteiger charge is -2.27. The highest BCUT2D eigenvalue weighted by Gasteiger charge is 2.22. The highest BCUT2D eigenvalue weighted by molar-refractivity contribution is 6.20. The molecule has 0 spiro atoms. The van der Waals surface area contributed by atoms with E-state index in [1.165, 1.54) is 0 Å². The Hall–Kier alpha value is -7.88. The minimum atomic E-state index is -0.256. The molecule has 0 saturated heterocycles. The standard InChI is InChI=1S/C56H36N2O/c1-2-19-42(20-3-1)58-51-27-9-8-25-48(51)50-36-40(31-33-52(50)58)39-17-10-21-43(34-39)57(44-22-11-18-41(35-44)46-26-12-16-37-14-4-6-23-45(37)46)53-28-13-29-54-55(53)49-32-30-38-15-5-7-24-47(38)56(49)59-54/h1-36H/i10D,17D,21D,34D. The molecule has 0 aliphatic heterocycles. The molecule has 0 saturated carbocycles. The molecule has 59 heavy (non-hydrogen) atoms. The summed E-state index contributed by atoms with van der Waals surface area (Å²) in [6, 6.07) is 64.9. The minimum Gasteiger partial charge on any atom is -0.455 e. The molecule has 0 unspecified atom stereocenters. The van der Waals surface area contributed by atoms with Gasteiger partial charge in [0.15, 0.2) is 0 Å². The second-order valence-corrected chi connectivity index (χ2v) is 15.0. The van der Waals surface area contributed by atoms with Crippen LogP contribution in [0.1, 0.15) is 5.48 Å². The highest BCUT2D eigenvalue weighted by Crippen LogP contribution is 2.46. The van der Waals surface area contributed by atoms with Crippen LogP contribution in [-0.2, 0) is 0 Å². The Balaban J connectivity index is 1.14. The third-order valence-corrected chi connectivity index (χ3v) is 11.6. The molecule has 0 amide bonds. The van der Waals surface area contributed by atoms with E-state index in [9.17, 15) is 5.48 Å². The van der Waals surface area contributed by atoms with Gasteiger partial charge in [-0.15, -0.1) is 0 Å². The number of nitrogens with zero attached hydrogens (tertiary/aromatic N) is 2. The lowest BCUT2D eigenvalue weighted by atomic mass is 9.97. The number of fused-ring (bicyclic) bond motifs is 9. The van der Waals surface area contributed by atoms with E-state index in [1.807, 2.05) is 108 Å². The van der Waals surface area contributed by atoms with Crippen molar-refractivity contribution in [1.29, 1.82) is 0 Å². The van der Waals surface area contributed by atoms with Gasteiger partial charge in [0.25, 0.3) is 0 Å². The van der Waals surface area contributed by atoms with Crippen molar-refractivity contribution in [2.45, 2.75) is 0 Å². The number of anilines is 3. The molecule has 3 heteroatoms. The molecule has 0 atom stereocenters. The van der Waals surface area contributed by atoms with Crippen molar-refractivity contribution in [1.82, 2.24) is 4.57 Å². The van der Waals surface area contributed by atoms with E-state index in [-0.39, 0.29) is 35.4 Å². The van der Waals surface area contributed by atoms with E-state index in [1.54, 1.807) is 0 Å². The molecule has 276 valence electrons. The van der Waals surface area contributed by atoms with Crippen molar-refractivity contribution >= 4 is 82.4 Å². The van der Waals surface area contributed by atoms with Crippen LogP contribution < -0.4 is 4.90 Å². The Labute approximate surface area is 346 Å². The maximum absolute atomic E-state index is 10.2. The summed E-state index contributed by atoms with van der Waals surface area (Å²) >= 11 is 0. The van der Waals surface area contributed by atoms with Gasteiger partial charge < -0.3 is 13.9 Å². The van der Waals surface area contributed by atoms with E-state index in [0.717, 1.165) is 76.5 Å². The Bertz CT molecular complexity index is 3810. The van der Waals surface area contributed by atoms with Crippen molar-refractivity contribution in [3.63, 3.8) is 0 Å². The van der Waals surface area contributed by atoms with Gasteiger partial charge in [-0.2, -0.15) is 0 Å². The zero-order chi connectivity index (χ0) is 42.3. The third kappa shape index (κ3) is 5.36. The van der Waals surface area contributed by atoms with Gasteiger partial charge in [0.05, 0.1) is 27.6 Å². The number of hydrogen-bond donors (Lipinski definition) is 0. The van der Waals surface area contributed by atoms with Gasteiger partial charge in [0.1, 0.15) is 11.2 Å². The Morgan fingerprint density at radius 3 is 2.08 bits per heavy atom. The molecule has 2 heterocycles. The fraction of sp³-hybridized carbons (Fsp3) is 0. The molecule has 0 aliphatic rings. The van der Waals surface area contributed by atoms with Crippen molar-refractivity contribution in [3.8, 4) is 27.9 Å². The normalized spacial score (nSPS) is 12.7. The molecule has 10 aromatic carbocycles. The molecule has 0 aliphatic carbocycles. The highest BCUT2D eigenvalue weighted by atomic mass is 16.3. The Kier molecular flexibility index (Phi) is 6.65. The number of aromatic nitrogens is 1. The molecular formula is C56H36N2O. The van der Waals surface area contributed by atoms with E-state index < -0.39 is 0 Å². The lowest BCUT2D eigenvalue weighted by Crippen LogP contribution is -2.10. The second-order valence-electron chi connectivity index (χ2n) is 15.0. The molecule has 0 bridgehead atoms. The third-order valence-electron chi connectivity index (χ3n) is 11.6. The van der Waals surface area contributed by atoms with E-state index in [4.69, 9.17) is 4.42 Å². The zero-order valence-electron chi connectivity index (χ0n) is 35.8. The SMILES string of the molecule is [2H]c1c([2H])c(-c2ccc3c(c2)c2ccccc2n3-c2ccccc2)c([2H])c(N(c2cccc(-c3cccc4ccccc34)c2)c2cccc3oc4c5ccccc5ccc4c23)c1[2H]. The van der Waals surface area contributed by atoms with E-state index in [0.29, 0.717) is 22.5 Å². The first kappa shape index (κ1) is 29.4. The average molecular weight is 757 g/mol. The fourth-order valence-electron chi connectivity index (χ4n) is 8.97. The Morgan fingerprint density at radius 2 is 1.19 bits per heavy atom. The first-order chi connectivity index (χ1) is 30.9. The number of furan rings is 1. The van der Waals surface area contributed by atoms with Crippen molar-refractivity contribution < 1.29 is 9.90 Å². The summed E-state index contributed by atoms with van der Waals surface area (Å²) in [7, 11) is 0. The van der Waals surface area contributed by atoms with E-state index in [2.05, 4.69) is 95.6 Å². The van der Waals surface area contributed by atoms with E-state index >= 15 is 0 Å². The summed E-state index contributed by atoms with van der Waals surface area (Å²) in [5, 5.41) is 8.02. The maximum atomic E-state index is 10.2. The summed E-state index contributed by atoms with van der Waals surface area (Å²) in [5.74, 6) is 0. The molecule has 0 fully saturated rings. The number of hydrogen-bond acceptors (Lipinski definition) is 2. The fourth-order valence-corrected chi connectivity index (χ4v) is 8.97. The summed E-state index contributed by atoms with van der Waals surface area (Å²) in [4.78, 5) is 1.94. The van der Waals surface area contributed by atoms with Crippen LogP contribution in [0.3, 0.4) is 0 Å². The average Bonchev–Trinajstić information content (AvgIpc) is 3.89. The molecular weight excluding hydrogens is 717 g/mol. The largest absolute Gasteiger partial charge is 0.455 e. The van der Waals surface area contributed by atoms with Crippen LogP contribution in [0.15, 0.2) is 223 Å². The number of para-hydroxylation sites is 2.